The molecule has 0 bridgehead atoms. The molecule has 3 amide bonds. The van der Waals surface area contributed by atoms with Crippen LogP contribution in [-0.2, 0) is 10.0 Å². The maximum absolute atomic E-state index is 13.9. The number of likely N-dealkylation sites (N-methyl/N-ethyl adjacent to an activating group) is 1. The molecule has 0 unspecified atom stereocenters. The summed E-state index contributed by atoms with van der Waals surface area (Å²) in [5.41, 5.74) is 2.42. The highest BCUT2D eigenvalue weighted by molar-refractivity contribution is 7.89. The second-order valence-corrected chi connectivity index (χ2v) is 13.1. The van der Waals surface area contributed by atoms with Gasteiger partial charge in [-0.15, -0.1) is 0 Å². The van der Waals surface area contributed by atoms with Crippen molar-refractivity contribution in [3.8, 4) is 22.6 Å². The average Bonchev–Trinajstić information content (AvgIpc) is 3.01. The van der Waals surface area contributed by atoms with Gasteiger partial charge in [0, 0.05) is 57.0 Å². The molecule has 44 heavy (non-hydrogen) atoms. The minimum Gasteiger partial charge on any atom is -0.497 e. The summed E-state index contributed by atoms with van der Waals surface area (Å²) in [6, 6.07) is 17.8. The number of hydrogen-bond donors (Lipinski definition) is 2. The predicted molar refractivity (Wildman–Crippen MR) is 169 cm³/mol. The number of amides is 3. The van der Waals surface area contributed by atoms with E-state index < -0.39 is 22.2 Å². The average molecular weight is 625 g/mol. The van der Waals surface area contributed by atoms with Crippen LogP contribution in [0.2, 0.25) is 0 Å². The highest BCUT2D eigenvalue weighted by Crippen LogP contribution is 2.37. The van der Waals surface area contributed by atoms with Crippen LogP contribution in [0.1, 0.15) is 24.2 Å². The summed E-state index contributed by atoms with van der Waals surface area (Å²) in [6.07, 6.45) is -0.601. The van der Waals surface area contributed by atoms with Gasteiger partial charge in [0.05, 0.1) is 20.3 Å². The number of anilines is 1. The zero-order chi connectivity index (χ0) is 32.2. The Bertz CT molecular complexity index is 1610. The normalized spacial score (nSPS) is 18.5. The van der Waals surface area contributed by atoms with Crippen LogP contribution < -0.4 is 14.8 Å². The zero-order valence-corrected chi connectivity index (χ0v) is 26.7. The number of ether oxygens (including phenoxy) is 2. The van der Waals surface area contributed by atoms with E-state index in [4.69, 9.17) is 9.47 Å². The van der Waals surface area contributed by atoms with Gasteiger partial charge in [0.25, 0.3) is 5.91 Å². The fourth-order valence-electron chi connectivity index (χ4n) is 4.99. The van der Waals surface area contributed by atoms with Crippen LogP contribution in [0.4, 0.5) is 10.5 Å². The van der Waals surface area contributed by atoms with Gasteiger partial charge in [-0.1, -0.05) is 31.2 Å². The number of urea groups is 1. The largest absolute Gasteiger partial charge is 0.497 e. The molecule has 0 spiro atoms. The molecule has 3 aromatic carbocycles. The standard InChI is InChI=1S/C32H40N4O7S/c1-21-18-36(22(2)20-37)44(40,41)30-14-13-24(23-9-7-10-25(15-23)31(38)34(3)4)16-28(30)43-29(21)19-35(5)32(39)33-26-11-8-12-27(17-26)42-6/h7-17,21-22,29,37H,18-20H2,1-6H3,(H,33,39)/t21-,22+,29-/m0/s1. The van der Waals surface area contributed by atoms with Crippen LogP contribution in [0.3, 0.4) is 0 Å². The Morgan fingerprint density at radius 3 is 2.45 bits per heavy atom. The lowest BCUT2D eigenvalue weighted by Gasteiger charge is -2.37. The molecule has 11 nitrogen and oxygen atoms in total. The first-order valence-electron chi connectivity index (χ1n) is 14.3. The van der Waals surface area contributed by atoms with Crippen LogP contribution in [0.25, 0.3) is 11.1 Å². The monoisotopic (exact) mass is 624 g/mol. The molecular weight excluding hydrogens is 584 g/mol. The maximum atomic E-state index is 13.9. The summed E-state index contributed by atoms with van der Waals surface area (Å²) in [4.78, 5) is 28.7. The smallest absolute Gasteiger partial charge is 0.321 e. The van der Waals surface area contributed by atoms with Crippen molar-refractivity contribution in [3.63, 3.8) is 0 Å². The molecule has 1 aliphatic rings. The molecule has 3 atom stereocenters. The third-order valence-electron chi connectivity index (χ3n) is 7.64. The van der Waals surface area contributed by atoms with Crippen molar-refractivity contribution in [2.24, 2.45) is 5.92 Å². The predicted octanol–water partition coefficient (Wildman–Crippen LogP) is 4.00. The molecular formula is C32H40N4O7S. The van der Waals surface area contributed by atoms with Crippen LogP contribution in [0, 0.1) is 5.92 Å². The number of sulfonamides is 1. The Balaban J connectivity index is 1.70. The van der Waals surface area contributed by atoms with Crippen molar-refractivity contribution < 1.29 is 32.6 Å². The van der Waals surface area contributed by atoms with Gasteiger partial charge in [0.15, 0.2) is 0 Å². The van der Waals surface area contributed by atoms with E-state index in [1.165, 1.54) is 20.2 Å². The molecule has 0 radical (unpaired) electrons. The quantitative estimate of drug-likeness (QED) is 0.388. The first-order valence-corrected chi connectivity index (χ1v) is 15.7. The molecule has 3 aromatic rings. The second-order valence-electron chi connectivity index (χ2n) is 11.2. The summed E-state index contributed by atoms with van der Waals surface area (Å²) in [7, 11) is 2.48. The molecule has 236 valence electrons. The molecule has 0 aromatic heterocycles. The topological polar surface area (TPSA) is 129 Å². The number of aliphatic hydroxyl groups excluding tert-OH is 1. The Morgan fingerprint density at radius 2 is 1.77 bits per heavy atom. The highest BCUT2D eigenvalue weighted by atomic mass is 32.2. The van der Waals surface area contributed by atoms with Gasteiger partial charge in [0.1, 0.15) is 22.5 Å². The van der Waals surface area contributed by atoms with E-state index in [0.717, 1.165) is 0 Å². The molecule has 4 rings (SSSR count). The molecule has 0 fully saturated rings. The second kappa shape index (κ2) is 13.7. The van der Waals surface area contributed by atoms with Gasteiger partial charge in [-0.25, -0.2) is 13.2 Å². The summed E-state index contributed by atoms with van der Waals surface area (Å²) >= 11 is 0. The molecule has 0 saturated carbocycles. The molecule has 1 aliphatic heterocycles. The number of nitrogens with zero attached hydrogens (tertiary/aromatic N) is 3. The lowest BCUT2D eigenvalue weighted by atomic mass is 10.0. The zero-order valence-electron chi connectivity index (χ0n) is 25.9. The van der Waals surface area contributed by atoms with E-state index in [1.54, 1.807) is 89.8 Å². The molecule has 2 N–H and O–H groups in total. The van der Waals surface area contributed by atoms with Gasteiger partial charge >= 0.3 is 6.03 Å². The van der Waals surface area contributed by atoms with E-state index >= 15 is 0 Å². The highest BCUT2D eigenvalue weighted by Gasteiger charge is 2.38. The number of nitrogens with one attached hydrogen (secondary N) is 1. The van der Waals surface area contributed by atoms with E-state index in [0.29, 0.717) is 28.1 Å². The van der Waals surface area contributed by atoms with Crippen LogP contribution in [0.15, 0.2) is 71.6 Å². The Hall–Kier alpha value is -4.13. The Labute approximate surface area is 259 Å². The van der Waals surface area contributed by atoms with E-state index in [9.17, 15) is 23.1 Å². The number of carbonyl (C=O) groups excluding carboxylic acids is 2. The summed E-state index contributed by atoms with van der Waals surface area (Å²) in [6.45, 7) is 3.37. The lowest BCUT2D eigenvalue weighted by molar-refractivity contribution is 0.0827. The van der Waals surface area contributed by atoms with Gasteiger partial charge in [-0.05, 0) is 54.4 Å². The van der Waals surface area contributed by atoms with Crippen molar-refractivity contribution in [2.45, 2.75) is 30.9 Å². The molecule has 0 saturated heterocycles. The van der Waals surface area contributed by atoms with E-state index in [-0.39, 0.29) is 48.2 Å². The van der Waals surface area contributed by atoms with Crippen molar-refractivity contribution in [1.29, 1.82) is 0 Å². The van der Waals surface area contributed by atoms with Crippen molar-refractivity contribution in [3.05, 3.63) is 72.3 Å². The minimum atomic E-state index is -4.05. The van der Waals surface area contributed by atoms with Gasteiger partial charge in [-0.3, -0.25) is 4.79 Å². The molecule has 1 heterocycles. The Morgan fingerprint density at radius 1 is 1.07 bits per heavy atom. The summed E-state index contributed by atoms with van der Waals surface area (Å²) in [5, 5.41) is 12.8. The fraction of sp³-hybridized carbons (Fsp3) is 0.375. The third-order valence-corrected chi connectivity index (χ3v) is 9.66. The van der Waals surface area contributed by atoms with Crippen molar-refractivity contribution in [1.82, 2.24) is 14.1 Å². The first-order chi connectivity index (χ1) is 20.8. The van der Waals surface area contributed by atoms with Crippen molar-refractivity contribution in [2.75, 3.05) is 53.3 Å². The fourth-order valence-corrected chi connectivity index (χ4v) is 6.81. The third kappa shape index (κ3) is 7.15. The number of fused-ring (bicyclic) bond motifs is 1. The molecule has 0 aliphatic carbocycles. The van der Waals surface area contributed by atoms with E-state index in [1.807, 2.05) is 13.0 Å². The number of benzene rings is 3. The maximum Gasteiger partial charge on any atom is 0.321 e. The van der Waals surface area contributed by atoms with Gasteiger partial charge < -0.3 is 29.7 Å². The minimum absolute atomic E-state index is 0.0394. The number of hydrogen-bond acceptors (Lipinski definition) is 7. The van der Waals surface area contributed by atoms with Crippen LogP contribution >= 0.6 is 0 Å². The SMILES string of the molecule is COc1cccc(NC(=O)N(C)C[C@@H]2Oc3cc(-c4cccc(C(=O)N(C)C)c4)ccc3S(=O)(=O)N([C@H](C)CO)C[C@@H]2C)c1. The Kier molecular flexibility index (Phi) is 10.2. The number of carbonyl (C=O) groups is 2. The lowest BCUT2D eigenvalue weighted by Crippen LogP contribution is -2.50. The van der Waals surface area contributed by atoms with Crippen LogP contribution in [0.5, 0.6) is 11.5 Å². The van der Waals surface area contributed by atoms with Crippen LogP contribution in [-0.4, -0.2) is 99.7 Å². The van der Waals surface area contributed by atoms with E-state index in [2.05, 4.69) is 5.32 Å². The number of rotatable bonds is 8. The van der Waals surface area contributed by atoms with Gasteiger partial charge in [-0.2, -0.15) is 4.31 Å². The number of aliphatic hydroxyl groups is 1. The number of methoxy groups -OCH3 is 1. The van der Waals surface area contributed by atoms with Gasteiger partial charge in [0.2, 0.25) is 10.0 Å². The summed E-state index contributed by atoms with van der Waals surface area (Å²) < 4.78 is 40.7. The molecule has 12 heteroatoms. The summed E-state index contributed by atoms with van der Waals surface area (Å²) in [5.74, 6) is 0.212. The van der Waals surface area contributed by atoms with Crippen molar-refractivity contribution >= 4 is 27.6 Å². The first kappa shape index (κ1) is 32.8.